The molecule has 0 amide bonds. The Morgan fingerprint density at radius 1 is 1.08 bits per heavy atom. The molecule has 0 aliphatic carbocycles. The summed E-state index contributed by atoms with van der Waals surface area (Å²) >= 11 is 0. The molecule has 136 valence electrons. The lowest BCUT2D eigenvalue weighted by Crippen LogP contribution is -2.40. The standard InChI is InChI=1S/C19H26N4O.HI/c1-20-19(22-15-16-8-7-11-18(14-16)24-3)21-12-13-23(2)17-9-5-4-6-10-17;/h4-11,14H,12-13,15H2,1-3H3,(H2,20,21,22);1H. The van der Waals surface area contributed by atoms with E-state index in [0.29, 0.717) is 6.54 Å². The second-order valence-corrected chi connectivity index (χ2v) is 5.46. The molecule has 0 spiro atoms. The highest BCUT2D eigenvalue weighted by atomic mass is 127. The highest BCUT2D eigenvalue weighted by molar-refractivity contribution is 14.0. The number of anilines is 1. The largest absolute Gasteiger partial charge is 0.497 e. The summed E-state index contributed by atoms with van der Waals surface area (Å²) < 4.78 is 5.24. The molecule has 0 saturated heterocycles. The molecule has 6 heteroatoms. The van der Waals surface area contributed by atoms with E-state index in [1.165, 1.54) is 5.69 Å². The van der Waals surface area contributed by atoms with Crippen LogP contribution in [0, 0.1) is 0 Å². The van der Waals surface area contributed by atoms with E-state index in [2.05, 4.69) is 45.8 Å². The molecule has 0 aliphatic heterocycles. The second kappa shape index (κ2) is 11.6. The van der Waals surface area contributed by atoms with Gasteiger partial charge in [0.25, 0.3) is 0 Å². The minimum atomic E-state index is 0. The number of para-hydroxylation sites is 1. The van der Waals surface area contributed by atoms with Crippen LogP contribution in [-0.4, -0.2) is 40.3 Å². The molecular formula is C19H27IN4O. The molecule has 0 aromatic heterocycles. The van der Waals surface area contributed by atoms with E-state index in [1.807, 2.05) is 36.4 Å². The van der Waals surface area contributed by atoms with Crippen molar-refractivity contribution in [2.45, 2.75) is 6.54 Å². The first-order chi connectivity index (χ1) is 11.7. The van der Waals surface area contributed by atoms with E-state index in [1.54, 1.807) is 14.2 Å². The SMILES string of the molecule is CN=C(NCCN(C)c1ccccc1)NCc1cccc(OC)c1.I. The number of methoxy groups -OCH3 is 1. The Morgan fingerprint density at radius 3 is 2.52 bits per heavy atom. The van der Waals surface area contributed by atoms with E-state index < -0.39 is 0 Å². The lowest BCUT2D eigenvalue weighted by atomic mass is 10.2. The van der Waals surface area contributed by atoms with Gasteiger partial charge in [-0.2, -0.15) is 0 Å². The van der Waals surface area contributed by atoms with Crippen molar-refractivity contribution < 1.29 is 4.74 Å². The molecule has 2 aromatic rings. The van der Waals surface area contributed by atoms with Crippen molar-refractivity contribution in [3.05, 3.63) is 60.2 Å². The molecule has 0 aliphatic rings. The molecule has 2 N–H and O–H groups in total. The number of benzene rings is 2. The Morgan fingerprint density at radius 2 is 1.84 bits per heavy atom. The number of guanidine groups is 1. The van der Waals surface area contributed by atoms with Crippen LogP contribution in [0.3, 0.4) is 0 Å². The zero-order valence-corrected chi connectivity index (χ0v) is 17.4. The van der Waals surface area contributed by atoms with Crippen molar-refractivity contribution in [2.75, 3.05) is 39.2 Å². The van der Waals surface area contributed by atoms with Gasteiger partial charge in [-0.05, 0) is 29.8 Å². The molecule has 0 fully saturated rings. The van der Waals surface area contributed by atoms with Crippen molar-refractivity contribution in [3.8, 4) is 5.75 Å². The summed E-state index contributed by atoms with van der Waals surface area (Å²) in [5, 5.41) is 6.65. The van der Waals surface area contributed by atoms with Crippen molar-refractivity contribution in [3.63, 3.8) is 0 Å². The molecular weight excluding hydrogens is 427 g/mol. The van der Waals surface area contributed by atoms with Crippen LogP contribution in [0.15, 0.2) is 59.6 Å². The third-order valence-corrected chi connectivity index (χ3v) is 3.75. The van der Waals surface area contributed by atoms with Gasteiger partial charge < -0.3 is 20.3 Å². The number of likely N-dealkylation sites (N-methyl/N-ethyl adjacent to an activating group) is 1. The monoisotopic (exact) mass is 454 g/mol. The third-order valence-electron chi connectivity index (χ3n) is 3.75. The molecule has 0 atom stereocenters. The lowest BCUT2D eigenvalue weighted by Gasteiger charge is -2.20. The van der Waals surface area contributed by atoms with Gasteiger partial charge in [0.2, 0.25) is 0 Å². The molecule has 0 saturated carbocycles. The quantitative estimate of drug-likeness (QED) is 0.384. The van der Waals surface area contributed by atoms with E-state index in [4.69, 9.17) is 4.74 Å². The van der Waals surface area contributed by atoms with Crippen molar-refractivity contribution in [2.24, 2.45) is 4.99 Å². The highest BCUT2D eigenvalue weighted by Crippen LogP contribution is 2.12. The smallest absolute Gasteiger partial charge is 0.191 e. The molecule has 2 aromatic carbocycles. The number of rotatable bonds is 7. The van der Waals surface area contributed by atoms with Gasteiger partial charge >= 0.3 is 0 Å². The minimum absolute atomic E-state index is 0. The predicted octanol–water partition coefficient (Wildman–Crippen LogP) is 3.11. The number of nitrogens with one attached hydrogen (secondary N) is 2. The van der Waals surface area contributed by atoms with E-state index in [0.717, 1.165) is 30.4 Å². The molecule has 5 nitrogen and oxygen atoms in total. The Balaban J connectivity index is 0.00000312. The summed E-state index contributed by atoms with van der Waals surface area (Å²) in [6.07, 6.45) is 0. The number of hydrogen-bond acceptors (Lipinski definition) is 3. The molecule has 0 bridgehead atoms. The fraction of sp³-hybridized carbons (Fsp3) is 0.316. The zero-order valence-electron chi connectivity index (χ0n) is 15.0. The fourth-order valence-electron chi connectivity index (χ4n) is 2.34. The molecule has 0 unspecified atom stereocenters. The summed E-state index contributed by atoms with van der Waals surface area (Å²) in [5.41, 5.74) is 2.36. The Labute approximate surface area is 167 Å². The summed E-state index contributed by atoms with van der Waals surface area (Å²) in [4.78, 5) is 6.47. The van der Waals surface area contributed by atoms with Crippen LogP contribution in [0.25, 0.3) is 0 Å². The second-order valence-electron chi connectivity index (χ2n) is 5.46. The highest BCUT2D eigenvalue weighted by Gasteiger charge is 2.02. The molecule has 0 heterocycles. The summed E-state index contributed by atoms with van der Waals surface area (Å²) in [6, 6.07) is 18.3. The van der Waals surface area contributed by atoms with Crippen LogP contribution in [0.4, 0.5) is 5.69 Å². The first-order valence-corrected chi connectivity index (χ1v) is 8.06. The molecule has 25 heavy (non-hydrogen) atoms. The summed E-state index contributed by atoms with van der Waals surface area (Å²) in [5.74, 6) is 1.65. The fourth-order valence-corrected chi connectivity index (χ4v) is 2.34. The average molecular weight is 454 g/mol. The van der Waals surface area contributed by atoms with Gasteiger partial charge in [0, 0.05) is 39.4 Å². The predicted molar refractivity (Wildman–Crippen MR) is 116 cm³/mol. The maximum absolute atomic E-state index is 5.24. The van der Waals surface area contributed by atoms with E-state index >= 15 is 0 Å². The summed E-state index contributed by atoms with van der Waals surface area (Å²) in [6.45, 7) is 2.40. The van der Waals surface area contributed by atoms with Crippen molar-refractivity contribution in [1.82, 2.24) is 10.6 Å². The van der Waals surface area contributed by atoms with Crippen LogP contribution in [0.5, 0.6) is 5.75 Å². The first-order valence-electron chi connectivity index (χ1n) is 8.06. The van der Waals surface area contributed by atoms with Gasteiger partial charge in [0.05, 0.1) is 7.11 Å². The number of halogens is 1. The maximum Gasteiger partial charge on any atom is 0.191 e. The van der Waals surface area contributed by atoms with Gasteiger partial charge in [-0.3, -0.25) is 4.99 Å². The normalized spacial score (nSPS) is 10.6. The van der Waals surface area contributed by atoms with Crippen molar-refractivity contribution >= 4 is 35.6 Å². The van der Waals surface area contributed by atoms with Gasteiger partial charge in [-0.25, -0.2) is 0 Å². The number of nitrogens with zero attached hydrogens (tertiary/aromatic N) is 2. The van der Waals surface area contributed by atoms with Crippen LogP contribution in [-0.2, 0) is 6.54 Å². The summed E-state index contributed by atoms with van der Waals surface area (Å²) in [7, 11) is 5.54. The number of ether oxygens (including phenoxy) is 1. The maximum atomic E-state index is 5.24. The number of aliphatic imine (C=N–C) groups is 1. The van der Waals surface area contributed by atoms with Crippen LogP contribution < -0.4 is 20.3 Å². The topological polar surface area (TPSA) is 48.9 Å². The first kappa shape index (κ1) is 21.1. The molecule has 2 rings (SSSR count). The van der Waals surface area contributed by atoms with Crippen LogP contribution in [0.1, 0.15) is 5.56 Å². The Kier molecular flexibility index (Phi) is 9.76. The van der Waals surface area contributed by atoms with Gasteiger partial charge in [0.15, 0.2) is 5.96 Å². The van der Waals surface area contributed by atoms with Crippen molar-refractivity contribution in [1.29, 1.82) is 0 Å². The number of hydrogen-bond donors (Lipinski definition) is 2. The Bertz CT molecular complexity index is 649. The van der Waals surface area contributed by atoms with E-state index in [-0.39, 0.29) is 24.0 Å². The average Bonchev–Trinajstić information content (AvgIpc) is 2.65. The third kappa shape index (κ3) is 7.21. The van der Waals surface area contributed by atoms with Crippen LogP contribution >= 0.6 is 24.0 Å². The Hall–Kier alpha value is -1.96. The van der Waals surface area contributed by atoms with Gasteiger partial charge in [0.1, 0.15) is 5.75 Å². The molecule has 0 radical (unpaired) electrons. The minimum Gasteiger partial charge on any atom is -0.497 e. The van der Waals surface area contributed by atoms with Gasteiger partial charge in [-0.15, -0.1) is 24.0 Å². The van der Waals surface area contributed by atoms with Crippen LogP contribution in [0.2, 0.25) is 0 Å². The van der Waals surface area contributed by atoms with Gasteiger partial charge in [-0.1, -0.05) is 30.3 Å². The lowest BCUT2D eigenvalue weighted by molar-refractivity contribution is 0.414. The zero-order chi connectivity index (χ0) is 17.2. The van der Waals surface area contributed by atoms with E-state index in [9.17, 15) is 0 Å².